The Hall–Kier alpha value is -1.33. The summed E-state index contributed by atoms with van der Waals surface area (Å²) < 4.78 is 7.04. The van der Waals surface area contributed by atoms with E-state index >= 15 is 0 Å². The number of thioether (sulfide) groups is 1. The number of benzene rings is 1. The lowest BCUT2D eigenvalue weighted by molar-refractivity contribution is 0.218. The van der Waals surface area contributed by atoms with Crippen molar-refractivity contribution in [3.8, 4) is 5.69 Å². The average Bonchev–Trinajstić information content (AvgIpc) is 2.78. The molecule has 4 nitrogen and oxygen atoms in total. The molecule has 0 atom stereocenters. The number of aryl methyl sites for hydroxylation is 1. The van der Waals surface area contributed by atoms with Crippen LogP contribution in [0.15, 0.2) is 35.7 Å². The van der Waals surface area contributed by atoms with Crippen LogP contribution in [0.4, 0.5) is 0 Å². The molecule has 0 bridgehead atoms. The van der Waals surface area contributed by atoms with Gasteiger partial charge in [0, 0.05) is 12.9 Å². The van der Waals surface area contributed by atoms with Gasteiger partial charge in [-0.15, -0.1) is 10.2 Å². The van der Waals surface area contributed by atoms with E-state index in [1.54, 1.807) is 25.2 Å². The standard InChI is InChI=1S/C12H15N3OS/c1-10-5-3-4-6-11(10)15-9-13-14-12(15)17-8-7-16-2/h3-6,9H,7-8H2,1-2H3. The third-order valence-corrected chi connectivity index (χ3v) is 3.32. The maximum atomic E-state index is 5.03. The van der Waals surface area contributed by atoms with Gasteiger partial charge in [-0.05, 0) is 18.6 Å². The number of aromatic nitrogens is 3. The minimum Gasteiger partial charge on any atom is -0.384 e. The summed E-state index contributed by atoms with van der Waals surface area (Å²) in [5, 5.41) is 8.99. The summed E-state index contributed by atoms with van der Waals surface area (Å²) in [6.45, 7) is 2.80. The summed E-state index contributed by atoms with van der Waals surface area (Å²) in [6, 6.07) is 8.20. The predicted molar refractivity (Wildman–Crippen MR) is 68.7 cm³/mol. The van der Waals surface area contributed by atoms with E-state index in [0.29, 0.717) is 6.61 Å². The van der Waals surface area contributed by atoms with Crippen LogP contribution in [0.3, 0.4) is 0 Å². The molecule has 0 aliphatic carbocycles. The summed E-state index contributed by atoms with van der Waals surface area (Å²) in [7, 11) is 1.70. The monoisotopic (exact) mass is 249 g/mol. The third kappa shape index (κ3) is 2.87. The lowest BCUT2D eigenvalue weighted by Crippen LogP contribution is -1.99. The Kier molecular flexibility index (Phi) is 4.17. The van der Waals surface area contributed by atoms with Crippen LogP contribution in [0.1, 0.15) is 5.56 Å². The maximum absolute atomic E-state index is 5.03. The fourth-order valence-electron chi connectivity index (χ4n) is 1.54. The summed E-state index contributed by atoms with van der Waals surface area (Å²) in [4.78, 5) is 0. The SMILES string of the molecule is COCCSc1nncn1-c1ccccc1C. The normalized spacial score (nSPS) is 10.7. The molecule has 0 N–H and O–H groups in total. The Labute approximate surface area is 105 Å². The molecule has 0 aliphatic heterocycles. The molecular formula is C12H15N3OS. The molecule has 1 aromatic heterocycles. The van der Waals surface area contributed by atoms with E-state index in [0.717, 1.165) is 16.6 Å². The Morgan fingerprint density at radius 2 is 2.18 bits per heavy atom. The number of hydrogen-bond donors (Lipinski definition) is 0. The van der Waals surface area contributed by atoms with Crippen molar-refractivity contribution in [2.24, 2.45) is 0 Å². The highest BCUT2D eigenvalue weighted by Crippen LogP contribution is 2.21. The van der Waals surface area contributed by atoms with Gasteiger partial charge in [-0.3, -0.25) is 4.57 Å². The van der Waals surface area contributed by atoms with Crippen molar-refractivity contribution < 1.29 is 4.74 Å². The lowest BCUT2D eigenvalue weighted by atomic mass is 10.2. The van der Waals surface area contributed by atoms with Crippen molar-refractivity contribution >= 4 is 11.8 Å². The molecule has 2 aromatic rings. The van der Waals surface area contributed by atoms with E-state index < -0.39 is 0 Å². The number of rotatable bonds is 5. The molecule has 0 amide bonds. The topological polar surface area (TPSA) is 39.9 Å². The number of methoxy groups -OCH3 is 1. The molecule has 0 aliphatic rings. The van der Waals surface area contributed by atoms with Gasteiger partial charge in [0.2, 0.25) is 0 Å². The highest BCUT2D eigenvalue weighted by Gasteiger charge is 2.08. The van der Waals surface area contributed by atoms with Gasteiger partial charge in [-0.2, -0.15) is 0 Å². The van der Waals surface area contributed by atoms with Crippen molar-refractivity contribution in [2.45, 2.75) is 12.1 Å². The van der Waals surface area contributed by atoms with Crippen molar-refractivity contribution in [3.63, 3.8) is 0 Å². The number of hydrogen-bond acceptors (Lipinski definition) is 4. The molecule has 0 spiro atoms. The van der Waals surface area contributed by atoms with Crippen LogP contribution in [-0.4, -0.2) is 34.2 Å². The third-order valence-electron chi connectivity index (χ3n) is 2.41. The van der Waals surface area contributed by atoms with Crippen molar-refractivity contribution in [3.05, 3.63) is 36.2 Å². The summed E-state index contributed by atoms with van der Waals surface area (Å²) in [5.41, 5.74) is 2.33. The highest BCUT2D eigenvalue weighted by molar-refractivity contribution is 7.99. The minimum absolute atomic E-state index is 0.714. The van der Waals surface area contributed by atoms with Crippen molar-refractivity contribution in [1.82, 2.24) is 14.8 Å². The van der Waals surface area contributed by atoms with E-state index in [4.69, 9.17) is 4.74 Å². The summed E-state index contributed by atoms with van der Waals surface area (Å²) >= 11 is 1.65. The molecule has 0 saturated heterocycles. The number of para-hydroxylation sites is 1. The molecule has 0 fully saturated rings. The second kappa shape index (κ2) is 5.84. The average molecular weight is 249 g/mol. The molecule has 0 unspecified atom stereocenters. The van der Waals surface area contributed by atoms with Crippen molar-refractivity contribution in [2.75, 3.05) is 19.5 Å². The maximum Gasteiger partial charge on any atom is 0.195 e. The molecule has 0 saturated carbocycles. The summed E-state index contributed by atoms with van der Waals surface area (Å²) in [6.07, 6.45) is 1.75. The smallest absolute Gasteiger partial charge is 0.195 e. The first-order valence-electron chi connectivity index (χ1n) is 5.40. The molecule has 2 rings (SSSR count). The number of nitrogens with zero attached hydrogens (tertiary/aromatic N) is 3. The first-order chi connectivity index (χ1) is 8.33. The van der Waals surface area contributed by atoms with Gasteiger partial charge in [0.25, 0.3) is 0 Å². The van der Waals surface area contributed by atoms with Gasteiger partial charge in [0.15, 0.2) is 5.16 Å². The zero-order valence-corrected chi connectivity index (χ0v) is 10.8. The lowest BCUT2D eigenvalue weighted by Gasteiger charge is -2.08. The fourth-order valence-corrected chi connectivity index (χ4v) is 2.36. The Morgan fingerprint density at radius 3 is 2.94 bits per heavy atom. The largest absolute Gasteiger partial charge is 0.384 e. The highest BCUT2D eigenvalue weighted by atomic mass is 32.2. The van der Waals surface area contributed by atoms with Crippen LogP contribution < -0.4 is 0 Å². The van der Waals surface area contributed by atoms with Gasteiger partial charge in [-0.25, -0.2) is 0 Å². The van der Waals surface area contributed by atoms with Gasteiger partial charge >= 0.3 is 0 Å². The zero-order valence-electron chi connectivity index (χ0n) is 9.96. The second-order valence-electron chi connectivity index (χ2n) is 3.61. The Morgan fingerprint density at radius 1 is 1.35 bits per heavy atom. The van der Waals surface area contributed by atoms with Crippen molar-refractivity contribution in [1.29, 1.82) is 0 Å². The Bertz CT molecular complexity index is 484. The van der Waals surface area contributed by atoms with Crippen LogP contribution in [0, 0.1) is 6.92 Å². The quantitative estimate of drug-likeness (QED) is 0.602. The summed E-state index contributed by atoms with van der Waals surface area (Å²) in [5.74, 6) is 0.876. The molecule has 5 heteroatoms. The van der Waals surface area contributed by atoms with Gasteiger partial charge in [0.05, 0.1) is 12.3 Å². The first kappa shape index (κ1) is 12.1. The van der Waals surface area contributed by atoms with Gasteiger partial charge in [-0.1, -0.05) is 30.0 Å². The molecule has 90 valence electrons. The van der Waals surface area contributed by atoms with E-state index in [1.165, 1.54) is 5.56 Å². The van der Waals surface area contributed by atoms with E-state index in [9.17, 15) is 0 Å². The van der Waals surface area contributed by atoms with Gasteiger partial charge in [0.1, 0.15) is 6.33 Å². The zero-order chi connectivity index (χ0) is 12.1. The Balaban J connectivity index is 2.22. The van der Waals surface area contributed by atoms with Crippen LogP contribution >= 0.6 is 11.8 Å². The van der Waals surface area contributed by atoms with E-state index in [-0.39, 0.29) is 0 Å². The molecule has 1 aromatic carbocycles. The van der Waals surface area contributed by atoms with Crippen LogP contribution in [0.2, 0.25) is 0 Å². The van der Waals surface area contributed by atoms with E-state index in [1.807, 2.05) is 16.7 Å². The predicted octanol–water partition coefficient (Wildman–Crippen LogP) is 2.31. The molecule has 17 heavy (non-hydrogen) atoms. The van der Waals surface area contributed by atoms with Crippen LogP contribution in [0.25, 0.3) is 5.69 Å². The molecular weight excluding hydrogens is 234 g/mol. The number of ether oxygens (including phenoxy) is 1. The van der Waals surface area contributed by atoms with Crippen LogP contribution in [0.5, 0.6) is 0 Å². The first-order valence-corrected chi connectivity index (χ1v) is 6.39. The fraction of sp³-hybridized carbons (Fsp3) is 0.333. The van der Waals surface area contributed by atoms with Gasteiger partial charge < -0.3 is 4.74 Å². The second-order valence-corrected chi connectivity index (χ2v) is 4.67. The van der Waals surface area contributed by atoms with Crippen LogP contribution in [-0.2, 0) is 4.74 Å². The molecule has 0 radical (unpaired) electrons. The van der Waals surface area contributed by atoms with E-state index in [2.05, 4.69) is 29.3 Å². The molecule has 1 heterocycles. The minimum atomic E-state index is 0.714.